The first-order valence-electron chi connectivity index (χ1n) is 6.38. The molecule has 0 aliphatic carbocycles. The molecule has 1 unspecified atom stereocenters. The van der Waals surface area contributed by atoms with Gasteiger partial charge in [-0.3, -0.25) is 4.90 Å². The Kier molecular flexibility index (Phi) is 6.54. The van der Waals surface area contributed by atoms with Gasteiger partial charge in [-0.2, -0.15) is 0 Å². The summed E-state index contributed by atoms with van der Waals surface area (Å²) >= 11 is 0. The highest BCUT2D eigenvalue weighted by Gasteiger charge is 2.11. The number of rotatable bonds is 8. The molecular weight excluding hydrogens is 228 g/mol. The Balaban J connectivity index is 2.35. The van der Waals surface area contributed by atoms with Crippen LogP contribution in [0.3, 0.4) is 0 Å². The maximum absolute atomic E-state index is 5.70. The molecule has 1 aromatic rings. The van der Waals surface area contributed by atoms with Crippen molar-refractivity contribution in [2.75, 3.05) is 39.1 Å². The summed E-state index contributed by atoms with van der Waals surface area (Å²) in [4.78, 5) is 2.33. The van der Waals surface area contributed by atoms with Gasteiger partial charge in [0.05, 0.1) is 6.61 Å². The quantitative estimate of drug-likeness (QED) is 0.719. The molecule has 0 fully saturated rings. The van der Waals surface area contributed by atoms with Crippen LogP contribution >= 0.6 is 0 Å². The lowest BCUT2D eigenvalue weighted by Crippen LogP contribution is -2.38. The van der Waals surface area contributed by atoms with Crippen molar-refractivity contribution in [3.05, 3.63) is 24.3 Å². The van der Waals surface area contributed by atoms with Crippen LogP contribution < -0.4 is 10.5 Å². The van der Waals surface area contributed by atoms with E-state index in [0.29, 0.717) is 12.6 Å². The van der Waals surface area contributed by atoms with E-state index in [0.717, 1.165) is 31.1 Å². The highest BCUT2D eigenvalue weighted by Crippen LogP contribution is 2.14. The first-order valence-corrected chi connectivity index (χ1v) is 6.38. The van der Waals surface area contributed by atoms with E-state index >= 15 is 0 Å². The fraction of sp³-hybridized carbons (Fsp3) is 0.571. The van der Waals surface area contributed by atoms with Crippen LogP contribution in [0.25, 0.3) is 0 Å². The predicted octanol–water partition coefficient (Wildman–Crippen LogP) is 2.00. The van der Waals surface area contributed by atoms with E-state index < -0.39 is 0 Å². The third-order valence-electron chi connectivity index (χ3n) is 2.94. The second-order valence-corrected chi connectivity index (χ2v) is 4.35. The summed E-state index contributed by atoms with van der Waals surface area (Å²) in [6.45, 7) is 7.58. The Bertz CT molecular complexity index is 344. The molecule has 4 nitrogen and oxygen atoms in total. The van der Waals surface area contributed by atoms with Crippen LogP contribution in [-0.4, -0.2) is 44.4 Å². The van der Waals surface area contributed by atoms with Crippen molar-refractivity contribution in [2.45, 2.75) is 19.9 Å². The van der Waals surface area contributed by atoms with Gasteiger partial charge in [-0.1, -0.05) is 13.0 Å². The van der Waals surface area contributed by atoms with Gasteiger partial charge < -0.3 is 15.2 Å². The summed E-state index contributed by atoms with van der Waals surface area (Å²) in [7, 11) is 1.73. The number of hydrogen-bond donors (Lipinski definition) is 1. The molecule has 1 rings (SSSR count). The van der Waals surface area contributed by atoms with Crippen molar-refractivity contribution in [3.8, 4) is 5.75 Å². The minimum absolute atomic E-state index is 0.407. The van der Waals surface area contributed by atoms with Gasteiger partial charge in [-0.25, -0.2) is 0 Å². The standard InChI is InChI=1S/C14H24N2O2/c1-4-16(12(2)11-17-3)8-9-18-14-7-5-6-13(15)10-14/h5-7,10,12H,4,8-9,11,15H2,1-3H3. The molecule has 0 radical (unpaired) electrons. The normalized spacial score (nSPS) is 12.7. The molecule has 0 saturated heterocycles. The highest BCUT2D eigenvalue weighted by molar-refractivity contribution is 5.43. The molecule has 0 aliphatic rings. The number of methoxy groups -OCH3 is 1. The number of nitrogens with zero attached hydrogens (tertiary/aromatic N) is 1. The molecule has 0 heterocycles. The number of hydrogen-bond acceptors (Lipinski definition) is 4. The van der Waals surface area contributed by atoms with E-state index in [-0.39, 0.29) is 0 Å². The molecule has 0 aliphatic heterocycles. The van der Waals surface area contributed by atoms with Crippen LogP contribution in [0.4, 0.5) is 5.69 Å². The van der Waals surface area contributed by atoms with Gasteiger partial charge in [0.1, 0.15) is 12.4 Å². The third-order valence-corrected chi connectivity index (χ3v) is 2.94. The maximum Gasteiger partial charge on any atom is 0.121 e. The molecule has 18 heavy (non-hydrogen) atoms. The fourth-order valence-electron chi connectivity index (χ4n) is 1.92. The van der Waals surface area contributed by atoms with Crippen LogP contribution in [0.5, 0.6) is 5.75 Å². The molecular formula is C14H24N2O2. The van der Waals surface area contributed by atoms with Gasteiger partial charge in [-0.15, -0.1) is 0 Å². The van der Waals surface area contributed by atoms with Crippen molar-refractivity contribution < 1.29 is 9.47 Å². The van der Waals surface area contributed by atoms with Crippen LogP contribution in [0.15, 0.2) is 24.3 Å². The summed E-state index contributed by atoms with van der Waals surface area (Å²) in [5.74, 6) is 0.824. The largest absolute Gasteiger partial charge is 0.492 e. The number of anilines is 1. The van der Waals surface area contributed by atoms with Gasteiger partial charge in [0.2, 0.25) is 0 Å². The molecule has 0 aromatic heterocycles. The maximum atomic E-state index is 5.70. The monoisotopic (exact) mass is 252 g/mol. The lowest BCUT2D eigenvalue weighted by atomic mass is 10.3. The van der Waals surface area contributed by atoms with Gasteiger partial charge in [0.15, 0.2) is 0 Å². The first-order chi connectivity index (χ1) is 8.67. The number of nitrogen functional groups attached to an aromatic ring is 1. The molecule has 0 amide bonds. The lowest BCUT2D eigenvalue weighted by Gasteiger charge is -2.27. The van der Waals surface area contributed by atoms with Crippen molar-refractivity contribution in [1.29, 1.82) is 0 Å². The van der Waals surface area contributed by atoms with Crippen LogP contribution in [0.1, 0.15) is 13.8 Å². The molecule has 1 aromatic carbocycles. The van der Waals surface area contributed by atoms with E-state index in [1.54, 1.807) is 7.11 Å². The molecule has 4 heteroatoms. The van der Waals surface area contributed by atoms with Crippen LogP contribution in [-0.2, 0) is 4.74 Å². The summed E-state index contributed by atoms with van der Waals surface area (Å²) < 4.78 is 10.9. The SMILES string of the molecule is CCN(CCOc1cccc(N)c1)C(C)COC. The van der Waals surface area contributed by atoms with Crippen molar-refractivity contribution >= 4 is 5.69 Å². The van der Waals surface area contributed by atoms with Crippen molar-refractivity contribution in [2.24, 2.45) is 0 Å². The second kappa shape index (κ2) is 7.95. The minimum Gasteiger partial charge on any atom is -0.492 e. The van der Waals surface area contributed by atoms with E-state index in [1.807, 2.05) is 24.3 Å². The zero-order valence-electron chi connectivity index (χ0n) is 11.6. The molecule has 102 valence electrons. The molecule has 0 bridgehead atoms. The zero-order chi connectivity index (χ0) is 13.4. The van der Waals surface area contributed by atoms with E-state index in [4.69, 9.17) is 15.2 Å². The summed E-state index contributed by atoms with van der Waals surface area (Å²) in [6, 6.07) is 7.92. The van der Waals surface area contributed by atoms with Gasteiger partial charge in [0.25, 0.3) is 0 Å². The first kappa shape index (κ1) is 14.8. The molecule has 0 spiro atoms. The molecule has 2 N–H and O–H groups in total. The van der Waals surface area contributed by atoms with Gasteiger partial charge in [0, 0.05) is 31.5 Å². The van der Waals surface area contributed by atoms with E-state index in [1.165, 1.54) is 0 Å². The summed E-state index contributed by atoms with van der Waals surface area (Å²) in [5.41, 5.74) is 6.43. The van der Waals surface area contributed by atoms with Gasteiger partial charge in [-0.05, 0) is 25.6 Å². The summed E-state index contributed by atoms with van der Waals surface area (Å²) in [5, 5.41) is 0. The Morgan fingerprint density at radius 3 is 2.78 bits per heavy atom. The summed E-state index contributed by atoms with van der Waals surface area (Å²) in [6.07, 6.45) is 0. The third kappa shape index (κ3) is 4.94. The number of benzene rings is 1. The zero-order valence-corrected chi connectivity index (χ0v) is 11.6. The van der Waals surface area contributed by atoms with E-state index in [9.17, 15) is 0 Å². The topological polar surface area (TPSA) is 47.7 Å². The Morgan fingerprint density at radius 1 is 1.39 bits per heavy atom. The Morgan fingerprint density at radius 2 is 2.17 bits per heavy atom. The number of nitrogens with two attached hydrogens (primary N) is 1. The van der Waals surface area contributed by atoms with Crippen LogP contribution in [0, 0.1) is 0 Å². The van der Waals surface area contributed by atoms with Gasteiger partial charge >= 0.3 is 0 Å². The Hall–Kier alpha value is -1.26. The number of likely N-dealkylation sites (N-methyl/N-ethyl adjacent to an activating group) is 1. The Labute approximate surface area is 110 Å². The van der Waals surface area contributed by atoms with Crippen molar-refractivity contribution in [1.82, 2.24) is 4.90 Å². The minimum atomic E-state index is 0.407. The number of ether oxygens (including phenoxy) is 2. The second-order valence-electron chi connectivity index (χ2n) is 4.35. The fourth-order valence-corrected chi connectivity index (χ4v) is 1.92. The highest BCUT2D eigenvalue weighted by atomic mass is 16.5. The molecule has 1 atom stereocenters. The smallest absolute Gasteiger partial charge is 0.121 e. The predicted molar refractivity (Wildman–Crippen MR) is 74.9 cm³/mol. The van der Waals surface area contributed by atoms with Crippen molar-refractivity contribution in [3.63, 3.8) is 0 Å². The lowest BCUT2D eigenvalue weighted by molar-refractivity contribution is 0.0920. The van der Waals surface area contributed by atoms with Crippen LogP contribution in [0.2, 0.25) is 0 Å². The average molecular weight is 252 g/mol. The molecule has 0 saturated carbocycles. The van der Waals surface area contributed by atoms with E-state index in [2.05, 4.69) is 18.7 Å². The average Bonchev–Trinajstić information content (AvgIpc) is 2.35.